The summed E-state index contributed by atoms with van der Waals surface area (Å²) in [6, 6.07) is 0. The molecule has 1 aliphatic carbocycles. The molecular formula is C23H30O5. The van der Waals surface area contributed by atoms with Crippen LogP contribution in [0.2, 0.25) is 0 Å². The molecule has 1 aromatic rings. The van der Waals surface area contributed by atoms with Gasteiger partial charge in [-0.15, -0.1) is 0 Å². The summed E-state index contributed by atoms with van der Waals surface area (Å²) >= 11 is 0. The van der Waals surface area contributed by atoms with E-state index < -0.39 is 11.4 Å². The van der Waals surface area contributed by atoms with E-state index in [0.29, 0.717) is 18.3 Å². The van der Waals surface area contributed by atoms with Gasteiger partial charge in [0.25, 0.3) is 0 Å². The number of phenols is 2. The zero-order valence-electron chi connectivity index (χ0n) is 17.4. The highest BCUT2D eigenvalue weighted by Gasteiger charge is 2.52. The van der Waals surface area contributed by atoms with Crippen molar-refractivity contribution in [3.63, 3.8) is 0 Å². The van der Waals surface area contributed by atoms with E-state index in [4.69, 9.17) is 4.74 Å². The standard InChI is InChI=1S/C23H30O5/c1-13(2)10-17(25)18-20(27)16(12-24)19(26)15-11-23(8-6-14(3)7-9-23)22(4,5)28-21(15)18/h6,12-13,26-27H,7-11H2,1-5H3/t23-/m0/s1. The Morgan fingerprint density at radius 1 is 1.29 bits per heavy atom. The minimum atomic E-state index is -0.592. The molecule has 2 aliphatic rings. The van der Waals surface area contributed by atoms with Crippen molar-refractivity contribution in [3.8, 4) is 17.2 Å². The molecule has 28 heavy (non-hydrogen) atoms. The summed E-state index contributed by atoms with van der Waals surface area (Å²) in [6.45, 7) is 9.95. The van der Waals surface area contributed by atoms with Gasteiger partial charge in [0, 0.05) is 17.4 Å². The summed E-state index contributed by atoms with van der Waals surface area (Å²) in [6.07, 6.45) is 5.98. The van der Waals surface area contributed by atoms with Gasteiger partial charge in [-0.1, -0.05) is 25.5 Å². The van der Waals surface area contributed by atoms with Crippen LogP contribution in [0.15, 0.2) is 11.6 Å². The highest BCUT2D eigenvalue weighted by Crippen LogP contribution is 2.57. The first-order valence-electron chi connectivity index (χ1n) is 9.97. The Morgan fingerprint density at radius 2 is 1.96 bits per heavy atom. The van der Waals surface area contributed by atoms with Gasteiger partial charge in [-0.3, -0.25) is 9.59 Å². The number of ketones is 1. The lowest BCUT2D eigenvalue weighted by molar-refractivity contribution is -0.0574. The number of Topliss-reactive ketones (excluding diaryl/α,β-unsaturated/α-hetero) is 1. The van der Waals surface area contributed by atoms with Gasteiger partial charge >= 0.3 is 0 Å². The molecule has 0 fully saturated rings. The number of benzene rings is 1. The molecule has 1 spiro atoms. The maximum absolute atomic E-state index is 12.9. The van der Waals surface area contributed by atoms with Gasteiger partial charge in [0.2, 0.25) is 0 Å². The maximum atomic E-state index is 12.9. The van der Waals surface area contributed by atoms with Crippen LogP contribution in [0.3, 0.4) is 0 Å². The number of hydrogen-bond acceptors (Lipinski definition) is 5. The van der Waals surface area contributed by atoms with Crippen LogP contribution in [0, 0.1) is 11.3 Å². The second-order valence-corrected chi connectivity index (χ2v) is 9.26. The molecule has 2 N–H and O–H groups in total. The number of hydrogen-bond donors (Lipinski definition) is 2. The number of carbonyl (C=O) groups is 2. The molecule has 0 unspecified atom stereocenters. The highest BCUT2D eigenvalue weighted by atomic mass is 16.5. The smallest absolute Gasteiger partial charge is 0.170 e. The third kappa shape index (κ3) is 3.11. The van der Waals surface area contributed by atoms with Crippen molar-refractivity contribution in [2.24, 2.45) is 11.3 Å². The van der Waals surface area contributed by atoms with E-state index in [1.165, 1.54) is 5.57 Å². The van der Waals surface area contributed by atoms with Crippen LogP contribution in [0.1, 0.15) is 86.6 Å². The Balaban J connectivity index is 2.22. The van der Waals surface area contributed by atoms with Gasteiger partial charge in [0.1, 0.15) is 28.4 Å². The third-order valence-electron chi connectivity index (χ3n) is 6.51. The van der Waals surface area contributed by atoms with Crippen molar-refractivity contribution >= 4 is 12.1 Å². The number of allylic oxidation sites excluding steroid dienone is 2. The molecule has 5 nitrogen and oxygen atoms in total. The van der Waals surface area contributed by atoms with E-state index in [-0.39, 0.29) is 46.2 Å². The number of fused-ring (bicyclic) bond motifs is 1. The van der Waals surface area contributed by atoms with Crippen LogP contribution in [0.25, 0.3) is 0 Å². The number of rotatable bonds is 4. The Kier molecular flexibility index (Phi) is 5.07. The van der Waals surface area contributed by atoms with Gasteiger partial charge in [-0.2, -0.15) is 0 Å². The van der Waals surface area contributed by atoms with Crippen LogP contribution >= 0.6 is 0 Å². The minimum Gasteiger partial charge on any atom is -0.507 e. The molecular weight excluding hydrogens is 356 g/mol. The van der Waals surface area contributed by atoms with Crippen LogP contribution in [0.5, 0.6) is 17.2 Å². The van der Waals surface area contributed by atoms with Gasteiger partial charge in [-0.25, -0.2) is 0 Å². The molecule has 0 saturated carbocycles. The number of carbonyl (C=O) groups excluding carboxylic acids is 2. The molecule has 0 radical (unpaired) electrons. The minimum absolute atomic E-state index is 0.0223. The molecule has 1 atom stereocenters. The first-order chi connectivity index (χ1) is 13.0. The Labute approximate surface area is 166 Å². The van der Waals surface area contributed by atoms with Crippen LogP contribution in [0.4, 0.5) is 0 Å². The topological polar surface area (TPSA) is 83.8 Å². The lowest BCUT2D eigenvalue weighted by Gasteiger charge is -2.52. The second-order valence-electron chi connectivity index (χ2n) is 9.26. The van der Waals surface area contributed by atoms with Crippen molar-refractivity contribution in [2.45, 2.75) is 72.3 Å². The van der Waals surface area contributed by atoms with Gasteiger partial charge in [0.15, 0.2) is 12.1 Å². The van der Waals surface area contributed by atoms with E-state index in [0.717, 1.165) is 19.3 Å². The summed E-state index contributed by atoms with van der Waals surface area (Å²) in [7, 11) is 0. The zero-order chi connectivity index (χ0) is 20.9. The number of phenolic OH excluding ortho intramolecular Hbond substituents is 2. The van der Waals surface area contributed by atoms with Crippen molar-refractivity contribution in [2.75, 3.05) is 0 Å². The maximum Gasteiger partial charge on any atom is 0.170 e. The number of aldehydes is 1. The van der Waals surface area contributed by atoms with Gasteiger partial charge in [0.05, 0.1) is 5.56 Å². The average molecular weight is 386 g/mol. The quantitative estimate of drug-likeness (QED) is 0.434. The fraction of sp³-hybridized carbons (Fsp3) is 0.565. The average Bonchev–Trinajstić information content (AvgIpc) is 2.59. The molecule has 0 saturated heterocycles. The number of ether oxygens (including phenoxy) is 1. The summed E-state index contributed by atoms with van der Waals surface area (Å²) < 4.78 is 6.36. The van der Waals surface area contributed by atoms with Crippen molar-refractivity contribution in [3.05, 3.63) is 28.3 Å². The van der Waals surface area contributed by atoms with E-state index in [1.807, 2.05) is 27.7 Å². The predicted octanol–water partition coefficient (Wildman–Crippen LogP) is 4.97. The van der Waals surface area contributed by atoms with E-state index in [9.17, 15) is 19.8 Å². The fourth-order valence-electron chi connectivity index (χ4n) is 4.53. The fourth-order valence-corrected chi connectivity index (χ4v) is 4.53. The van der Waals surface area contributed by atoms with Crippen molar-refractivity contribution < 1.29 is 24.5 Å². The molecule has 152 valence electrons. The number of aromatic hydroxyl groups is 2. The molecule has 0 bridgehead atoms. The van der Waals surface area contributed by atoms with Crippen LogP contribution < -0.4 is 4.74 Å². The van der Waals surface area contributed by atoms with Gasteiger partial charge < -0.3 is 14.9 Å². The molecule has 0 aromatic heterocycles. The summed E-state index contributed by atoms with van der Waals surface area (Å²) in [5.41, 5.74) is 0.752. The van der Waals surface area contributed by atoms with Crippen molar-refractivity contribution in [1.29, 1.82) is 0 Å². The normalized spacial score (nSPS) is 23.1. The zero-order valence-corrected chi connectivity index (χ0v) is 17.4. The molecule has 1 aliphatic heterocycles. The first kappa shape index (κ1) is 20.4. The largest absolute Gasteiger partial charge is 0.507 e. The van der Waals surface area contributed by atoms with Crippen LogP contribution in [-0.2, 0) is 6.42 Å². The summed E-state index contributed by atoms with van der Waals surface area (Å²) in [4.78, 5) is 24.5. The first-order valence-corrected chi connectivity index (χ1v) is 9.97. The summed E-state index contributed by atoms with van der Waals surface area (Å²) in [5, 5.41) is 21.4. The monoisotopic (exact) mass is 386 g/mol. The third-order valence-corrected chi connectivity index (χ3v) is 6.51. The highest BCUT2D eigenvalue weighted by molar-refractivity contribution is 6.05. The summed E-state index contributed by atoms with van der Waals surface area (Å²) in [5.74, 6) is -0.718. The SMILES string of the molecule is CC1=CC[C@]2(CC1)Cc1c(O)c(C=O)c(O)c(C(=O)CC(C)C)c1OC2(C)C. The molecule has 3 rings (SSSR count). The molecule has 0 amide bonds. The van der Waals surface area contributed by atoms with Crippen LogP contribution in [-0.4, -0.2) is 27.9 Å². The Bertz CT molecular complexity index is 862. The van der Waals surface area contributed by atoms with E-state index in [2.05, 4.69) is 13.0 Å². The predicted molar refractivity (Wildman–Crippen MR) is 107 cm³/mol. The van der Waals surface area contributed by atoms with Gasteiger partial charge in [-0.05, 0) is 52.4 Å². The van der Waals surface area contributed by atoms with E-state index >= 15 is 0 Å². The lowest BCUT2D eigenvalue weighted by atomic mass is 9.60. The Morgan fingerprint density at radius 3 is 2.50 bits per heavy atom. The molecule has 1 heterocycles. The van der Waals surface area contributed by atoms with E-state index in [1.54, 1.807) is 0 Å². The molecule has 1 aromatic carbocycles. The lowest BCUT2D eigenvalue weighted by Crippen LogP contribution is -2.53. The van der Waals surface area contributed by atoms with Crippen molar-refractivity contribution in [1.82, 2.24) is 0 Å². The molecule has 5 heteroatoms. The Hall–Kier alpha value is -2.30. The second kappa shape index (κ2) is 6.94.